The van der Waals surface area contributed by atoms with Crippen molar-refractivity contribution in [1.29, 1.82) is 0 Å². The van der Waals surface area contributed by atoms with Crippen molar-refractivity contribution in [1.82, 2.24) is 10.2 Å². The Kier molecular flexibility index (Phi) is 9.70. The van der Waals surface area contributed by atoms with Gasteiger partial charge in [0.25, 0.3) is 0 Å². The Bertz CT molecular complexity index is 191. The average Bonchev–Trinajstić information content (AvgIpc) is 2.34. The highest BCUT2D eigenvalue weighted by Gasteiger charge is 2.32. The SMILES string of the molecule is CCCNC(CCCOC)C(C)(C)N(CC)CC. The monoisotopic (exact) mass is 258 g/mol. The predicted molar refractivity (Wildman–Crippen MR) is 80.2 cm³/mol. The molecule has 0 saturated carbocycles. The van der Waals surface area contributed by atoms with Gasteiger partial charge in [-0.25, -0.2) is 0 Å². The highest BCUT2D eigenvalue weighted by Crippen LogP contribution is 2.22. The molecule has 0 rings (SSSR count). The maximum Gasteiger partial charge on any atom is 0.0462 e. The Morgan fingerprint density at radius 1 is 1.17 bits per heavy atom. The Balaban J connectivity index is 4.57. The van der Waals surface area contributed by atoms with Crippen molar-refractivity contribution in [2.45, 2.75) is 65.5 Å². The Hall–Kier alpha value is -0.120. The summed E-state index contributed by atoms with van der Waals surface area (Å²) in [6, 6.07) is 0.535. The van der Waals surface area contributed by atoms with E-state index in [2.05, 4.69) is 44.8 Å². The molecule has 0 fully saturated rings. The van der Waals surface area contributed by atoms with Crippen LogP contribution in [0.1, 0.15) is 53.9 Å². The molecule has 1 N–H and O–H groups in total. The smallest absolute Gasteiger partial charge is 0.0462 e. The van der Waals surface area contributed by atoms with Gasteiger partial charge in [-0.05, 0) is 52.7 Å². The molecule has 3 nitrogen and oxygen atoms in total. The van der Waals surface area contributed by atoms with E-state index >= 15 is 0 Å². The van der Waals surface area contributed by atoms with Crippen molar-refractivity contribution in [2.75, 3.05) is 33.4 Å². The Morgan fingerprint density at radius 2 is 1.78 bits per heavy atom. The average molecular weight is 258 g/mol. The van der Waals surface area contributed by atoms with Crippen LogP contribution < -0.4 is 5.32 Å². The number of nitrogens with zero attached hydrogens (tertiary/aromatic N) is 1. The summed E-state index contributed by atoms with van der Waals surface area (Å²) in [5.74, 6) is 0. The van der Waals surface area contributed by atoms with Gasteiger partial charge in [0.1, 0.15) is 0 Å². The van der Waals surface area contributed by atoms with Gasteiger partial charge < -0.3 is 10.1 Å². The maximum absolute atomic E-state index is 5.18. The molecule has 0 heterocycles. The van der Waals surface area contributed by atoms with Gasteiger partial charge >= 0.3 is 0 Å². The number of methoxy groups -OCH3 is 1. The van der Waals surface area contributed by atoms with Crippen LogP contribution in [0.15, 0.2) is 0 Å². The first-order chi connectivity index (χ1) is 8.54. The molecule has 0 aliphatic rings. The highest BCUT2D eigenvalue weighted by atomic mass is 16.5. The van der Waals surface area contributed by atoms with Crippen LogP contribution in [-0.4, -0.2) is 49.8 Å². The summed E-state index contributed by atoms with van der Waals surface area (Å²) in [6.45, 7) is 15.6. The summed E-state index contributed by atoms with van der Waals surface area (Å²) in [7, 11) is 1.78. The topological polar surface area (TPSA) is 24.5 Å². The summed E-state index contributed by atoms with van der Waals surface area (Å²) >= 11 is 0. The van der Waals surface area contributed by atoms with E-state index in [9.17, 15) is 0 Å². The molecule has 110 valence electrons. The van der Waals surface area contributed by atoms with E-state index in [0.717, 1.165) is 32.7 Å². The van der Waals surface area contributed by atoms with Gasteiger partial charge in [-0.3, -0.25) is 4.90 Å². The summed E-state index contributed by atoms with van der Waals surface area (Å²) in [6.07, 6.45) is 3.50. The zero-order chi connectivity index (χ0) is 14.0. The lowest BCUT2D eigenvalue weighted by Crippen LogP contribution is -2.57. The van der Waals surface area contributed by atoms with Crippen LogP contribution in [0.4, 0.5) is 0 Å². The number of rotatable bonds is 11. The Labute approximate surface area is 114 Å². The van der Waals surface area contributed by atoms with E-state index in [4.69, 9.17) is 4.74 Å². The van der Waals surface area contributed by atoms with Crippen molar-refractivity contribution in [3.05, 3.63) is 0 Å². The molecule has 0 aromatic rings. The van der Waals surface area contributed by atoms with Crippen molar-refractivity contribution in [2.24, 2.45) is 0 Å². The normalized spacial score (nSPS) is 14.2. The lowest BCUT2D eigenvalue weighted by Gasteiger charge is -2.44. The molecular weight excluding hydrogens is 224 g/mol. The number of nitrogens with one attached hydrogen (secondary N) is 1. The minimum Gasteiger partial charge on any atom is -0.385 e. The first-order valence-corrected chi connectivity index (χ1v) is 7.51. The molecule has 0 aliphatic carbocycles. The largest absolute Gasteiger partial charge is 0.385 e. The quantitative estimate of drug-likeness (QED) is 0.577. The third-order valence-electron chi connectivity index (χ3n) is 3.91. The molecule has 1 atom stereocenters. The van der Waals surface area contributed by atoms with Gasteiger partial charge in [-0.2, -0.15) is 0 Å². The fourth-order valence-electron chi connectivity index (χ4n) is 2.71. The van der Waals surface area contributed by atoms with Crippen LogP contribution in [0.3, 0.4) is 0 Å². The first kappa shape index (κ1) is 17.9. The second-order valence-electron chi connectivity index (χ2n) is 5.47. The van der Waals surface area contributed by atoms with E-state index in [-0.39, 0.29) is 5.54 Å². The molecule has 0 radical (unpaired) electrons. The van der Waals surface area contributed by atoms with Gasteiger partial charge in [-0.15, -0.1) is 0 Å². The van der Waals surface area contributed by atoms with Crippen LogP contribution >= 0.6 is 0 Å². The minimum absolute atomic E-state index is 0.201. The third kappa shape index (κ3) is 5.68. The Morgan fingerprint density at radius 3 is 2.22 bits per heavy atom. The number of likely N-dealkylation sites (N-methyl/N-ethyl adjacent to an activating group) is 1. The maximum atomic E-state index is 5.18. The highest BCUT2D eigenvalue weighted by molar-refractivity contribution is 4.92. The molecule has 3 heteroatoms. The molecule has 0 bridgehead atoms. The lowest BCUT2D eigenvalue weighted by atomic mass is 9.88. The predicted octanol–water partition coefficient (Wildman–Crippen LogP) is 2.90. The number of hydrogen-bond donors (Lipinski definition) is 1. The zero-order valence-corrected chi connectivity index (χ0v) is 13.4. The third-order valence-corrected chi connectivity index (χ3v) is 3.91. The molecule has 1 unspecified atom stereocenters. The standard InChI is InChI=1S/C15H34N2O/c1-7-12-16-14(11-10-13-18-6)15(4,5)17(8-2)9-3/h14,16H,7-13H2,1-6H3. The molecule has 0 saturated heterocycles. The van der Waals surface area contributed by atoms with Crippen molar-refractivity contribution < 1.29 is 4.74 Å². The second-order valence-corrected chi connectivity index (χ2v) is 5.47. The van der Waals surface area contributed by atoms with E-state index in [1.165, 1.54) is 12.8 Å². The minimum atomic E-state index is 0.201. The second kappa shape index (κ2) is 9.76. The zero-order valence-electron chi connectivity index (χ0n) is 13.4. The number of ether oxygens (including phenoxy) is 1. The molecule has 0 aliphatic heterocycles. The van der Waals surface area contributed by atoms with Gasteiger partial charge in [0.2, 0.25) is 0 Å². The van der Waals surface area contributed by atoms with Gasteiger partial charge in [0, 0.05) is 25.3 Å². The van der Waals surface area contributed by atoms with E-state index in [1.807, 2.05) is 0 Å². The van der Waals surface area contributed by atoms with E-state index < -0.39 is 0 Å². The van der Waals surface area contributed by atoms with Crippen LogP contribution in [0, 0.1) is 0 Å². The fourth-order valence-corrected chi connectivity index (χ4v) is 2.71. The van der Waals surface area contributed by atoms with Crippen LogP contribution in [0.2, 0.25) is 0 Å². The summed E-state index contributed by atoms with van der Waals surface area (Å²) in [5, 5.41) is 3.72. The van der Waals surface area contributed by atoms with Gasteiger partial charge in [0.05, 0.1) is 0 Å². The van der Waals surface area contributed by atoms with E-state index in [1.54, 1.807) is 7.11 Å². The molecule has 0 aromatic heterocycles. The van der Waals surface area contributed by atoms with Crippen molar-refractivity contribution in [3.63, 3.8) is 0 Å². The molecule has 0 spiro atoms. The van der Waals surface area contributed by atoms with Crippen LogP contribution in [-0.2, 0) is 4.74 Å². The fraction of sp³-hybridized carbons (Fsp3) is 1.00. The molecule has 0 amide bonds. The summed E-state index contributed by atoms with van der Waals surface area (Å²) in [4.78, 5) is 2.55. The summed E-state index contributed by atoms with van der Waals surface area (Å²) in [5.41, 5.74) is 0.201. The van der Waals surface area contributed by atoms with E-state index in [0.29, 0.717) is 6.04 Å². The lowest BCUT2D eigenvalue weighted by molar-refractivity contribution is 0.0817. The van der Waals surface area contributed by atoms with Crippen molar-refractivity contribution >= 4 is 0 Å². The van der Waals surface area contributed by atoms with Crippen LogP contribution in [0.25, 0.3) is 0 Å². The first-order valence-electron chi connectivity index (χ1n) is 7.51. The van der Waals surface area contributed by atoms with Gasteiger partial charge in [-0.1, -0.05) is 20.8 Å². The summed E-state index contributed by atoms with van der Waals surface area (Å²) < 4.78 is 5.18. The molecular formula is C15H34N2O. The number of hydrogen-bond acceptors (Lipinski definition) is 3. The van der Waals surface area contributed by atoms with Crippen LogP contribution in [0.5, 0.6) is 0 Å². The molecule has 0 aromatic carbocycles. The van der Waals surface area contributed by atoms with Crippen molar-refractivity contribution in [3.8, 4) is 0 Å². The van der Waals surface area contributed by atoms with Gasteiger partial charge in [0.15, 0.2) is 0 Å². The molecule has 18 heavy (non-hydrogen) atoms.